The Bertz CT molecular complexity index is 863. The fourth-order valence-corrected chi connectivity index (χ4v) is 4.44. The summed E-state index contributed by atoms with van der Waals surface area (Å²) < 4.78 is 40.8. The third kappa shape index (κ3) is 4.15. The van der Waals surface area contributed by atoms with Crippen LogP contribution < -0.4 is 9.62 Å². The molecule has 0 saturated heterocycles. The minimum Gasteiger partial charge on any atom is -0.357 e. The van der Waals surface area contributed by atoms with Gasteiger partial charge < -0.3 is 4.90 Å². The molecule has 0 atom stereocenters. The summed E-state index contributed by atoms with van der Waals surface area (Å²) in [6, 6.07) is 7.74. The molecule has 1 saturated carbocycles. The van der Waals surface area contributed by atoms with Gasteiger partial charge in [0, 0.05) is 13.1 Å². The van der Waals surface area contributed by atoms with Crippen LogP contribution in [0.1, 0.15) is 37.7 Å². The van der Waals surface area contributed by atoms with Gasteiger partial charge in [-0.05, 0) is 55.7 Å². The van der Waals surface area contributed by atoms with Crippen molar-refractivity contribution in [3.63, 3.8) is 0 Å². The maximum absolute atomic E-state index is 13.4. The van der Waals surface area contributed by atoms with Gasteiger partial charge in [-0.1, -0.05) is 19.3 Å². The molecule has 0 unspecified atom stereocenters. The summed E-state index contributed by atoms with van der Waals surface area (Å²) in [6.07, 6.45) is 7.62. The summed E-state index contributed by atoms with van der Waals surface area (Å²) in [5, 5.41) is 0. The fraction of sp³-hybridized carbons (Fsp3) is 0.421. The van der Waals surface area contributed by atoms with Crippen LogP contribution in [0, 0.1) is 12.7 Å². The Labute approximate surface area is 154 Å². The highest BCUT2D eigenvalue weighted by Crippen LogP contribution is 2.26. The molecule has 3 rings (SSSR count). The standard InChI is InChI=1S/C19H24FN3O2S/c1-14-12-17(9-10-18(14)20)26(24,25)22-15-8-11-19(21-13-15)23(2)16-6-4-3-5-7-16/h8-13,16,22H,3-7H2,1-2H3. The Balaban J connectivity index is 1.73. The predicted octanol–water partition coefficient (Wildman–Crippen LogP) is 4.10. The molecule has 0 radical (unpaired) electrons. The highest BCUT2D eigenvalue weighted by molar-refractivity contribution is 7.92. The van der Waals surface area contributed by atoms with Gasteiger partial charge in [-0.15, -0.1) is 0 Å². The first kappa shape index (κ1) is 18.6. The normalized spacial score (nSPS) is 15.7. The van der Waals surface area contributed by atoms with E-state index in [-0.39, 0.29) is 10.5 Å². The Hall–Kier alpha value is -2.15. The molecule has 1 aliphatic rings. The van der Waals surface area contributed by atoms with Gasteiger partial charge >= 0.3 is 0 Å². The minimum absolute atomic E-state index is 0.0276. The monoisotopic (exact) mass is 377 g/mol. The van der Waals surface area contributed by atoms with Crippen molar-refractivity contribution in [2.45, 2.75) is 50.0 Å². The Morgan fingerprint density at radius 1 is 1.15 bits per heavy atom. The van der Waals surface area contributed by atoms with E-state index in [1.807, 2.05) is 13.1 Å². The van der Waals surface area contributed by atoms with Gasteiger partial charge in [-0.3, -0.25) is 4.72 Å². The van der Waals surface area contributed by atoms with E-state index >= 15 is 0 Å². The second-order valence-corrected chi connectivity index (χ2v) is 8.51. The van der Waals surface area contributed by atoms with Crippen LogP contribution in [-0.4, -0.2) is 26.5 Å². The number of anilines is 2. The number of halogens is 1. The van der Waals surface area contributed by atoms with E-state index in [1.165, 1.54) is 44.5 Å². The molecular weight excluding hydrogens is 353 g/mol. The average Bonchev–Trinajstić information content (AvgIpc) is 2.64. The number of hydrogen-bond acceptors (Lipinski definition) is 4. The van der Waals surface area contributed by atoms with Crippen LogP contribution in [0.25, 0.3) is 0 Å². The van der Waals surface area contributed by atoms with Crippen LogP contribution in [0.3, 0.4) is 0 Å². The highest BCUT2D eigenvalue weighted by atomic mass is 32.2. The zero-order valence-corrected chi connectivity index (χ0v) is 15.9. The van der Waals surface area contributed by atoms with E-state index in [9.17, 15) is 12.8 Å². The third-order valence-electron chi connectivity index (χ3n) is 4.92. The number of rotatable bonds is 5. The molecule has 1 aliphatic carbocycles. The molecule has 1 fully saturated rings. The van der Waals surface area contributed by atoms with E-state index in [0.717, 1.165) is 24.7 Å². The summed E-state index contributed by atoms with van der Waals surface area (Å²) in [5.41, 5.74) is 0.670. The number of sulfonamides is 1. The van der Waals surface area contributed by atoms with E-state index in [2.05, 4.69) is 14.6 Å². The molecule has 1 aromatic heterocycles. The summed E-state index contributed by atoms with van der Waals surface area (Å²) in [7, 11) is -1.75. The lowest BCUT2D eigenvalue weighted by Gasteiger charge is -2.32. The van der Waals surface area contributed by atoms with Crippen LogP contribution in [0.15, 0.2) is 41.4 Å². The first-order valence-corrected chi connectivity index (χ1v) is 10.3. The van der Waals surface area contributed by atoms with Crippen molar-refractivity contribution >= 4 is 21.5 Å². The van der Waals surface area contributed by atoms with Crippen LogP contribution in [0.4, 0.5) is 15.9 Å². The quantitative estimate of drug-likeness (QED) is 0.852. The highest BCUT2D eigenvalue weighted by Gasteiger charge is 2.20. The lowest BCUT2D eigenvalue weighted by atomic mass is 9.94. The Morgan fingerprint density at radius 3 is 2.50 bits per heavy atom. The van der Waals surface area contributed by atoms with Crippen molar-refractivity contribution in [3.8, 4) is 0 Å². The van der Waals surface area contributed by atoms with Crippen molar-refractivity contribution < 1.29 is 12.8 Å². The molecule has 1 N–H and O–H groups in total. The lowest BCUT2D eigenvalue weighted by Crippen LogP contribution is -2.33. The topological polar surface area (TPSA) is 62.3 Å². The Kier molecular flexibility index (Phi) is 5.46. The van der Waals surface area contributed by atoms with E-state index in [0.29, 0.717) is 11.7 Å². The molecule has 7 heteroatoms. The summed E-state index contributed by atoms with van der Waals surface area (Å²) in [6.45, 7) is 1.53. The smallest absolute Gasteiger partial charge is 0.261 e. The number of aromatic nitrogens is 1. The number of pyridine rings is 1. The largest absolute Gasteiger partial charge is 0.357 e. The Morgan fingerprint density at radius 2 is 1.88 bits per heavy atom. The molecule has 0 spiro atoms. The molecule has 1 aromatic carbocycles. The molecule has 0 amide bonds. The number of benzene rings is 1. The first-order valence-electron chi connectivity index (χ1n) is 8.85. The van der Waals surface area contributed by atoms with E-state index in [1.54, 1.807) is 6.07 Å². The van der Waals surface area contributed by atoms with Gasteiger partial charge in [0.1, 0.15) is 11.6 Å². The van der Waals surface area contributed by atoms with Crippen molar-refractivity contribution in [2.24, 2.45) is 0 Å². The molecule has 1 heterocycles. The van der Waals surface area contributed by atoms with Gasteiger partial charge in [0.15, 0.2) is 0 Å². The van der Waals surface area contributed by atoms with E-state index < -0.39 is 15.8 Å². The minimum atomic E-state index is -3.78. The SMILES string of the molecule is Cc1cc(S(=O)(=O)Nc2ccc(N(C)C3CCCCC3)nc2)ccc1F. The van der Waals surface area contributed by atoms with E-state index in [4.69, 9.17) is 0 Å². The van der Waals surface area contributed by atoms with Crippen molar-refractivity contribution in [1.82, 2.24) is 4.98 Å². The molecule has 0 bridgehead atoms. The van der Waals surface area contributed by atoms with Crippen LogP contribution >= 0.6 is 0 Å². The van der Waals surface area contributed by atoms with Gasteiger partial charge in [0.05, 0.1) is 16.8 Å². The summed E-state index contributed by atoms with van der Waals surface area (Å²) in [5.74, 6) is 0.401. The molecule has 2 aromatic rings. The second-order valence-electron chi connectivity index (χ2n) is 6.82. The fourth-order valence-electron chi connectivity index (χ4n) is 3.31. The van der Waals surface area contributed by atoms with Crippen LogP contribution in [-0.2, 0) is 10.0 Å². The zero-order valence-electron chi connectivity index (χ0n) is 15.1. The maximum Gasteiger partial charge on any atom is 0.261 e. The van der Waals surface area contributed by atoms with Crippen LogP contribution in [0.5, 0.6) is 0 Å². The van der Waals surface area contributed by atoms with Crippen LogP contribution in [0.2, 0.25) is 0 Å². The van der Waals surface area contributed by atoms with Gasteiger partial charge in [0.2, 0.25) is 0 Å². The lowest BCUT2D eigenvalue weighted by molar-refractivity contribution is 0.426. The van der Waals surface area contributed by atoms with Gasteiger partial charge in [-0.2, -0.15) is 0 Å². The number of aryl methyl sites for hydroxylation is 1. The average molecular weight is 377 g/mol. The summed E-state index contributed by atoms with van der Waals surface area (Å²) >= 11 is 0. The molecule has 5 nitrogen and oxygen atoms in total. The molecule has 26 heavy (non-hydrogen) atoms. The number of hydrogen-bond donors (Lipinski definition) is 1. The predicted molar refractivity (Wildman–Crippen MR) is 101 cm³/mol. The molecular formula is C19H24FN3O2S. The van der Waals surface area contributed by atoms with Crippen molar-refractivity contribution in [3.05, 3.63) is 47.9 Å². The number of nitrogens with one attached hydrogen (secondary N) is 1. The first-order chi connectivity index (χ1) is 12.4. The zero-order chi connectivity index (χ0) is 18.7. The number of nitrogens with zero attached hydrogens (tertiary/aromatic N) is 2. The van der Waals surface area contributed by atoms with Crippen molar-refractivity contribution in [2.75, 3.05) is 16.7 Å². The third-order valence-corrected chi connectivity index (χ3v) is 6.30. The molecule has 0 aliphatic heterocycles. The van der Waals surface area contributed by atoms with Crippen molar-refractivity contribution in [1.29, 1.82) is 0 Å². The maximum atomic E-state index is 13.4. The second kappa shape index (κ2) is 7.61. The van der Waals surface area contributed by atoms with Gasteiger partial charge in [0.25, 0.3) is 10.0 Å². The summed E-state index contributed by atoms with van der Waals surface area (Å²) in [4.78, 5) is 6.60. The van der Waals surface area contributed by atoms with Gasteiger partial charge in [-0.25, -0.2) is 17.8 Å². The molecule has 140 valence electrons.